The molecule has 0 saturated carbocycles. The van der Waals surface area contributed by atoms with Gasteiger partial charge in [0.25, 0.3) is 5.56 Å². The molecule has 0 atom stereocenters. The topological polar surface area (TPSA) is 79.4 Å². The van der Waals surface area contributed by atoms with Crippen molar-refractivity contribution in [1.82, 2.24) is 9.97 Å². The lowest BCUT2D eigenvalue weighted by Crippen LogP contribution is -2.11. The van der Waals surface area contributed by atoms with Crippen LogP contribution in [0, 0.1) is 6.92 Å². The van der Waals surface area contributed by atoms with Crippen LogP contribution in [0.2, 0.25) is 0 Å². The Morgan fingerprint density at radius 1 is 1.38 bits per heavy atom. The highest BCUT2D eigenvalue weighted by Gasteiger charge is 2.00. The summed E-state index contributed by atoms with van der Waals surface area (Å²) in [5, 5.41) is 4.22. The van der Waals surface area contributed by atoms with Crippen molar-refractivity contribution in [2.45, 2.75) is 20.8 Å². The smallest absolute Gasteiger partial charge is 0.252 e. The molecule has 2 rings (SSSR count). The molecule has 1 aromatic carbocycles. The minimum absolute atomic E-state index is 0.209. The molecule has 1 aromatic heterocycles. The van der Waals surface area contributed by atoms with Crippen molar-refractivity contribution in [2.75, 3.05) is 12.0 Å². The normalized spacial score (nSPS) is 11.3. The minimum Gasteiger partial charge on any atom is -0.494 e. The molecule has 6 nitrogen and oxygen atoms in total. The second-order valence-electron chi connectivity index (χ2n) is 4.50. The highest BCUT2D eigenvalue weighted by Crippen LogP contribution is 2.12. The fraction of sp³-hybridized carbons (Fsp3) is 0.267. The number of hydrogen-bond donors (Lipinski definition) is 2. The first-order valence-electron chi connectivity index (χ1n) is 6.70. The number of benzene rings is 1. The summed E-state index contributed by atoms with van der Waals surface area (Å²) < 4.78 is 5.39. The molecule has 6 heteroatoms. The number of aromatic amines is 1. The van der Waals surface area contributed by atoms with Gasteiger partial charge in [0, 0.05) is 11.8 Å². The Hall–Kier alpha value is -2.63. The fourth-order valence-electron chi connectivity index (χ4n) is 1.79. The summed E-state index contributed by atoms with van der Waals surface area (Å²) in [6.07, 6.45) is 0. The number of aryl methyl sites for hydroxylation is 1. The molecular formula is C15H18N4O2. The van der Waals surface area contributed by atoms with Crippen LogP contribution in [0.3, 0.4) is 0 Å². The lowest BCUT2D eigenvalue weighted by molar-refractivity contribution is 0.340. The summed E-state index contributed by atoms with van der Waals surface area (Å²) in [4.78, 5) is 18.0. The van der Waals surface area contributed by atoms with Crippen LogP contribution in [0.4, 0.5) is 5.95 Å². The van der Waals surface area contributed by atoms with Crippen molar-refractivity contribution in [3.8, 4) is 5.75 Å². The van der Waals surface area contributed by atoms with Crippen molar-refractivity contribution >= 4 is 11.7 Å². The van der Waals surface area contributed by atoms with Gasteiger partial charge in [-0.3, -0.25) is 9.78 Å². The lowest BCUT2D eigenvalue weighted by Gasteiger charge is -2.05. The van der Waals surface area contributed by atoms with Crippen LogP contribution < -0.4 is 15.7 Å². The molecule has 0 aliphatic rings. The molecule has 0 radical (unpaired) electrons. The first kappa shape index (κ1) is 14.8. The van der Waals surface area contributed by atoms with Crippen molar-refractivity contribution < 1.29 is 4.74 Å². The van der Waals surface area contributed by atoms with E-state index in [1.54, 1.807) is 6.92 Å². The maximum Gasteiger partial charge on any atom is 0.252 e. The number of nitrogens with zero attached hydrogens (tertiary/aromatic N) is 2. The summed E-state index contributed by atoms with van der Waals surface area (Å²) >= 11 is 0. The number of aromatic nitrogens is 2. The number of anilines is 1. The molecule has 21 heavy (non-hydrogen) atoms. The van der Waals surface area contributed by atoms with Gasteiger partial charge in [-0.15, -0.1) is 0 Å². The maximum absolute atomic E-state index is 11.3. The van der Waals surface area contributed by atoms with Crippen LogP contribution >= 0.6 is 0 Å². The highest BCUT2D eigenvalue weighted by atomic mass is 16.5. The van der Waals surface area contributed by atoms with Crippen LogP contribution in [-0.4, -0.2) is 22.3 Å². The van der Waals surface area contributed by atoms with Crippen LogP contribution in [0.15, 0.2) is 40.2 Å². The van der Waals surface area contributed by atoms with E-state index in [2.05, 4.69) is 20.5 Å². The molecule has 0 spiro atoms. The van der Waals surface area contributed by atoms with Crippen LogP contribution in [0.5, 0.6) is 5.75 Å². The Labute approximate surface area is 122 Å². The van der Waals surface area contributed by atoms with E-state index in [9.17, 15) is 4.79 Å². The monoisotopic (exact) mass is 286 g/mol. The number of nitrogens with one attached hydrogen (secondary N) is 2. The summed E-state index contributed by atoms with van der Waals surface area (Å²) in [7, 11) is 0. The van der Waals surface area contributed by atoms with Crippen molar-refractivity contribution in [3.05, 3.63) is 51.9 Å². The second kappa shape index (κ2) is 6.69. The van der Waals surface area contributed by atoms with Gasteiger partial charge in [-0.05, 0) is 50.6 Å². The van der Waals surface area contributed by atoms with E-state index in [4.69, 9.17) is 4.74 Å². The fourth-order valence-corrected chi connectivity index (χ4v) is 1.79. The number of hydrogen-bond acceptors (Lipinski definition) is 5. The Kier molecular flexibility index (Phi) is 4.71. The molecule has 2 aromatic rings. The van der Waals surface area contributed by atoms with E-state index in [-0.39, 0.29) is 5.56 Å². The van der Waals surface area contributed by atoms with E-state index in [1.165, 1.54) is 6.07 Å². The predicted octanol–water partition coefficient (Wildman–Crippen LogP) is 2.31. The third kappa shape index (κ3) is 4.17. The summed E-state index contributed by atoms with van der Waals surface area (Å²) in [6, 6.07) is 9.07. The summed E-state index contributed by atoms with van der Waals surface area (Å²) in [6.45, 7) is 6.21. The van der Waals surface area contributed by atoms with Gasteiger partial charge in [-0.2, -0.15) is 5.10 Å². The summed E-state index contributed by atoms with van der Waals surface area (Å²) in [5.74, 6) is 1.15. The molecule has 2 N–H and O–H groups in total. The van der Waals surface area contributed by atoms with Gasteiger partial charge in [0.15, 0.2) is 0 Å². The van der Waals surface area contributed by atoms with Crippen LogP contribution in [0.25, 0.3) is 0 Å². The minimum atomic E-state index is -0.209. The molecule has 0 unspecified atom stereocenters. The third-order valence-electron chi connectivity index (χ3n) is 2.78. The molecule has 0 bridgehead atoms. The van der Waals surface area contributed by atoms with Gasteiger partial charge in [0.05, 0.1) is 12.3 Å². The molecule has 1 heterocycles. The average Bonchev–Trinajstić information content (AvgIpc) is 2.45. The second-order valence-corrected chi connectivity index (χ2v) is 4.50. The molecule has 0 aliphatic carbocycles. The number of H-pyrrole nitrogens is 1. The van der Waals surface area contributed by atoms with Gasteiger partial charge in [0.2, 0.25) is 5.95 Å². The molecule has 0 aliphatic heterocycles. The van der Waals surface area contributed by atoms with E-state index in [0.717, 1.165) is 17.0 Å². The van der Waals surface area contributed by atoms with Gasteiger partial charge in [-0.1, -0.05) is 0 Å². The van der Waals surface area contributed by atoms with E-state index in [1.807, 2.05) is 38.1 Å². The van der Waals surface area contributed by atoms with E-state index in [0.29, 0.717) is 18.2 Å². The standard InChI is InChI=1S/C15H18N4O2/c1-4-21-13-7-5-12(6-8-13)11(3)18-19-15-16-10(2)9-14(20)17-15/h5-9H,4H2,1-3H3,(H2,16,17,19,20)/b18-11+. The zero-order chi connectivity index (χ0) is 15.2. The van der Waals surface area contributed by atoms with E-state index >= 15 is 0 Å². The van der Waals surface area contributed by atoms with Gasteiger partial charge in [0.1, 0.15) is 5.75 Å². The average molecular weight is 286 g/mol. The van der Waals surface area contributed by atoms with Crippen molar-refractivity contribution in [1.29, 1.82) is 0 Å². The highest BCUT2D eigenvalue weighted by molar-refractivity contribution is 5.99. The van der Waals surface area contributed by atoms with E-state index < -0.39 is 0 Å². The Bertz CT molecular complexity index is 690. The molecule has 110 valence electrons. The van der Waals surface area contributed by atoms with Gasteiger partial charge < -0.3 is 4.74 Å². The molecule has 0 amide bonds. The lowest BCUT2D eigenvalue weighted by atomic mass is 10.1. The van der Waals surface area contributed by atoms with Gasteiger partial charge >= 0.3 is 0 Å². The number of hydrazone groups is 1. The SMILES string of the molecule is CCOc1ccc(/C(C)=N/Nc2nc(C)cc(=O)[nH]2)cc1. The first-order valence-corrected chi connectivity index (χ1v) is 6.70. The zero-order valence-corrected chi connectivity index (χ0v) is 12.3. The van der Waals surface area contributed by atoms with Gasteiger partial charge in [-0.25, -0.2) is 10.4 Å². The van der Waals surface area contributed by atoms with Crippen LogP contribution in [0.1, 0.15) is 25.1 Å². The largest absolute Gasteiger partial charge is 0.494 e. The zero-order valence-electron chi connectivity index (χ0n) is 12.3. The quantitative estimate of drug-likeness (QED) is 0.653. The first-order chi connectivity index (χ1) is 10.1. The third-order valence-corrected chi connectivity index (χ3v) is 2.78. The molecule has 0 fully saturated rings. The Balaban J connectivity index is 2.11. The van der Waals surface area contributed by atoms with Crippen molar-refractivity contribution in [2.24, 2.45) is 5.10 Å². The molecule has 0 saturated heterocycles. The maximum atomic E-state index is 11.3. The summed E-state index contributed by atoms with van der Waals surface area (Å²) in [5.41, 5.74) is 4.92. The molecular weight excluding hydrogens is 268 g/mol. The number of ether oxygens (including phenoxy) is 1. The predicted molar refractivity (Wildman–Crippen MR) is 83.0 cm³/mol. The Morgan fingerprint density at radius 3 is 2.71 bits per heavy atom. The van der Waals surface area contributed by atoms with Crippen LogP contribution in [-0.2, 0) is 0 Å². The Morgan fingerprint density at radius 2 is 2.10 bits per heavy atom. The number of rotatable bonds is 5. The van der Waals surface area contributed by atoms with Crippen molar-refractivity contribution in [3.63, 3.8) is 0 Å².